The molecule has 4 rings (SSSR count). The summed E-state index contributed by atoms with van der Waals surface area (Å²) in [6, 6.07) is 14.3. The van der Waals surface area contributed by atoms with Crippen LogP contribution in [0.5, 0.6) is 5.75 Å². The minimum atomic E-state index is -4.42. The van der Waals surface area contributed by atoms with E-state index in [2.05, 4.69) is 0 Å². The van der Waals surface area contributed by atoms with Crippen molar-refractivity contribution in [3.8, 4) is 16.9 Å². The summed E-state index contributed by atoms with van der Waals surface area (Å²) in [7, 11) is -4.04. The number of aliphatic hydroxyl groups excluding tert-OH is 1. The Morgan fingerprint density at radius 1 is 1.05 bits per heavy atom. The van der Waals surface area contributed by atoms with E-state index in [9.17, 15) is 26.7 Å². The van der Waals surface area contributed by atoms with E-state index in [-0.39, 0.29) is 29.5 Å². The minimum Gasteiger partial charge on any atom is -0.493 e. The molecule has 0 saturated heterocycles. The van der Waals surface area contributed by atoms with Gasteiger partial charge in [-0.3, -0.25) is 4.31 Å². The first-order valence-electron chi connectivity index (χ1n) is 12.1. The first-order chi connectivity index (χ1) is 17.8. The molecule has 0 radical (unpaired) electrons. The number of fused-ring (bicyclic) bond motifs is 1. The summed E-state index contributed by atoms with van der Waals surface area (Å²) in [5.41, 5.74) is 1.65. The summed E-state index contributed by atoms with van der Waals surface area (Å²) < 4.78 is 73.7. The van der Waals surface area contributed by atoms with Crippen LogP contribution >= 0.6 is 0 Å². The molecule has 202 valence electrons. The molecule has 0 saturated carbocycles. The summed E-state index contributed by atoms with van der Waals surface area (Å²) in [6.45, 7) is 5.62. The maximum Gasteiger partial charge on any atom is 0.416 e. The third kappa shape index (κ3) is 5.42. The second-order valence-electron chi connectivity index (χ2n) is 10.00. The third-order valence-corrected chi connectivity index (χ3v) is 8.21. The summed E-state index contributed by atoms with van der Waals surface area (Å²) in [6.07, 6.45) is -3.84. The molecule has 1 aliphatic rings. The first-order valence-corrected chi connectivity index (χ1v) is 13.5. The summed E-state index contributed by atoms with van der Waals surface area (Å²) in [5, 5.41) is 17.3. The number of sulfonamides is 1. The zero-order valence-corrected chi connectivity index (χ0v) is 22.1. The number of hydrogen-bond acceptors (Lipinski definition) is 5. The second-order valence-corrected chi connectivity index (χ2v) is 11.9. The van der Waals surface area contributed by atoms with E-state index in [0.29, 0.717) is 28.8 Å². The van der Waals surface area contributed by atoms with Gasteiger partial charge in [-0.1, -0.05) is 32.0 Å². The van der Waals surface area contributed by atoms with Gasteiger partial charge in [0, 0.05) is 18.2 Å². The highest BCUT2D eigenvalue weighted by atomic mass is 32.2. The van der Waals surface area contributed by atoms with Crippen LogP contribution < -0.4 is 9.04 Å². The van der Waals surface area contributed by atoms with Gasteiger partial charge in [-0.15, -0.1) is 0 Å². The molecule has 1 aliphatic heterocycles. The van der Waals surface area contributed by atoms with E-state index in [1.54, 1.807) is 19.1 Å². The van der Waals surface area contributed by atoms with Gasteiger partial charge in [-0.05, 0) is 71.8 Å². The van der Waals surface area contributed by atoms with E-state index in [1.165, 1.54) is 34.6 Å². The summed E-state index contributed by atoms with van der Waals surface area (Å²) >= 11 is 0. The third-order valence-electron chi connectivity index (χ3n) is 6.46. The highest BCUT2D eigenvalue weighted by molar-refractivity contribution is 7.92. The molecule has 0 amide bonds. The van der Waals surface area contributed by atoms with Crippen LogP contribution in [0.15, 0.2) is 65.6 Å². The minimum absolute atomic E-state index is 0.00842. The quantitative estimate of drug-likeness (QED) is 0.361. The Bertz CT molecular complexity index is 1470. The van der Waals surface area contributed by atoms with Crippen molar-refractivity contribution >= 4 is 21.4 Å². The van der Waals surface area contributed by atoms with Gasteiger partial charge in [-0.2, -0.15) is 13.2 Å². The second kappa shape index (κ2) is 10.1. The van der Waals surface area contributed by atoms with Crippen molar-refractivity contribution in [1.29, 1.82) is 5.41 Å². The van der Waals surface area contributed by atoms with Crippen molar-refractivity contribution in [1.82, 2.24) is 0 Å². The molecular weight excluding hydrogens is 517 g/mol. The highest BCUT2D eigenvalue weighted by Crippen LogP contribution is 2.42. The largest absolute Gasteiger partial charge is 0.493 e. The van der Waals surface area contributed by atoms with Crippen LogP contribution in [0.25, 0.3) is 11.1 Å². The molecule has 10 heteroatoms. The van der Waals surface area contributed by atoms with Crippen molar-refractivity contribution in [2.45, 2.75) is 38.3 Å². The van der Waals surface area contributed by atoms with Gasteiger partial charge in [0.15, 0.2) is 0 Å². The Balaban J connectivity index is 1.76. The van der Waals surface area contributed by atoms with Crippen LogP contribution in [-0.2, 0) is 22.6 Å². The van der Waals surface area contributed by atoms with Crippen LogP contribution in [0.2, 0.25) is 0 Å². The summed E-state index contributed by atoms with van der Waals surface area (Å²) in [4.78, 5) is -0.00842. The van der Waals surface area contributed by atoms with Crippen molar-refractivity contribution in [2.75, 3.05) is 24.1 Å². The lowest BCUT2D eigenvalue weighted by Crippen LogP contribution is -2.44. The zero-order chi connectivity index (χ0) is 27.9. The van der Waals surface area contributed by atoms with E-state index in [1.807, 2.05) is 19.9 Å². The van der Waals surface area contributed by atoms with Crippen molar-refractivity contribution in [2.24, 2.45) is 5.41 Å². The fraction of sp³-hybridized carbons (Fsp3) is 0.321. The number of nitrogens with one attached hydrogen (secondary N) is 1. The number of nitrogens with zero attached hydrogens (tertiary/aromatic N) is 1. The predicted octanol–water partition coefficient (Wildman–Crippen LogP) is 5.91. The molecule has 0 unspecified atom stereocenters. The molecule has 38 heavy (non-hydrogen) atoms. The lowest BCUT2D eigenvalue weighted by molar-refractivity contribution is -0.137. The number of aliphatic hydroxyl groups is 1. The number of ether oxygens (including phenoxy) is 1. The Kier molecular flexibility index (Phi) is 7.33. The van der Waals surface area contributed by atoms with Crippen LogP contribution in [0.4, 0.5) is 18.9 Å². The Morgan fingerprint density at radius 2 is 1.71 bits per heavy atom. The van der Waals surface area contributed by atoms with Crippen LogP contribution in [0.3, 0.4) is 0 Å². The Labute approximate surface area is 220 Å². The smallest absolute Gasteiger partial charge is 0.416 e. The normalized spacial score (nSPS) is 15.2. The Hall–Kier alpha value is -3.37. The van der Waals surface area contributed by atoms with E-state index < -0.39 is 33.8 Å². The molecule has 0 aromatic heterocycles. The monoisotopic (exact) mass is 546 g/mol. The zero-order valence-electron chi connectivity index (χ0n) is 21.3. The van der Waals surface area contributed by atoms with Gasteiger partial charge in [0.05, 0.1) is 35.1 Å². The van der Waals surface area contributed by atoms with Crippen LogP contribution in [0, 0.1) is 10.8 Å². The summed E-state index contributed by atoms with van der Waals surface area (Å²) in [5.74, 6) is 0.196. The molecule has 0 spiro atoms. The molecule has 1 heterocycles. The van der Waals surface area contributed by atoms with Gasteiger partial charge >= 0.3 is 6.18 Å². The Morgan fingerprint density at radius 3 is 2.32 bits per heavy atom. The maximum atomic E-state index is 13.9. The molecule has 6 nitrogen and oxygen atoms in total. The predicted molar refractivity (Wildman–Crippen MR) is 140 cm³/mol. The van der Waals surface area contributed by atoms with E-state index in [0.717, 1.165) is 17.7 Å². The SMILES string of the molecule is CCOc1cc(S(=O)(=O)N2CC(C)(C)Cc3cc(-c4ccc(C(F)(F)F)cc4)ccc32)ccc1C(=N)CO. The van der Waals surface area contributed by atoms with Gasteiger partial charge < -0.3 is 15.3 Å². The fourth-order valence-corrected chi connectivity index (χ4v) is 6.37. The van der Waals surface area contributed by atoms with Crippen LogP contribution in [0.1, 0.15) is 37.5 Å². The number of halogens is 3. The van der Waals surface area contributed by atoms with E-state index in [4.69, 9.17) is 10.1 Å². The number of hydrogen-bond donors (Lipinski definition) is 2. The molecule has 0 atom stereocenters. The lowest BCUT2D eigenvalue weighted by Gasteiger charge is -2.40. The number of benzene rings is 3. The number of anilines is 1. The molecule has 0 bridgehead atoms. The lowest BCUT2D eigenvalue weighted by atomic mass is 9.81. The maximum absolute atomic E-state index is 13.9. The average Bonchev–Trinajstić information content (AvgIpc) is 2.86. The van der Waals surface area contributed by atoms with E-state index >= 15 is 0 Å². The van der Waals surface area contributed by atoms with Crippen molar-refractivity contribution in [3.05, 3.63) is 77.4 Å². The molecule has 3 aromatic rings. The first kappa shape index (κ1) is 27.7. The van der Waals surface area contributed by atoms with Crippen LogP contribution in [-0.4, -0.2) is 39.0 Å². The van der Waals surface area contributed by atoms with Gasteiger partial charge in [0.1, 0.15) is 5.75 Å². The van der Waals surface area contributed by atoms with Gasteiger partial charge in [0.2, 0.25) is 0 Å². The fourth-order valence-electron chi connectivity index (χ4n) is 4.66. The molecule has 2 N–H and O–H groups in total. The molecule has 0 aliphatic carbocycles. The van der Waals surface area contributed by atoms with Crippen molar-refractivity contribution in [3.63, 3.8) is 0 Å². The molecule has 0 fully saturated rings. The number of alkyl halides is 3. The molecule has 3 aromatic carbocycles. The highest BCUT2D eigenvalue weighted by Gasteiger charge is 2.38. The molecular formula is C28H29F3N2O4S. The van der Waals surface area contributed by atoms with Gasteiger partial charge in [-0.25, -0.2) is 8.42 Å². The van der Waals surface area contributed by atoms with Crippen molar-refractivity contribution < 1.29 is 31.4 Å². The van der Waals surface area contributed by atoms with Gasteiger partial charge in [0.25, 0.3) is 10.0 Å². The average molecular weight is 547 g/mol. The standard InChI is InChI=1S/C28H29F3N2O4S/c1-4-37-26-14-22(10-11-23(26)24(32)16-34)38(35,36)33-17-27(2,3)15-20-13-19(7-12-25(20)33)18-5-8-21(9-6-18)28(29,30)31/h5-14,32,34H,4,15-17H2,1-3H3. The number of rotatable bonds is 7. The topological polar surface area (TPSA) is 90.7 Å².